The maximum atomic E-state index is 13.1. The Bertz CT molecular complexity index is 1100. The molecule has 2 aromatic carbocycles. The van der Waals surface area contributed by atoms with E-state index in [1.807, 2.05) is 39.8 Å². The molecule has 1 amide bonds. The van der Waals surface area contributed by atoms with Gasteiger partial charge in [-0.2, -0.15) is 0 Å². The summed E-state index contributed by atoms with van der Waals surface area (Å²) < 4.78 is 5.49. The van der Waals surface area contributed by atoms with Gasteiger partial charge in [-0.25, -0.2) is 0 Å². The largest absolute Gasteiger partial charge is 0.508 e. The number of aliphatic hydroxyl groups is 1. The molecule has 0 radical (unpaired) electrons. The smallest absolute Gasteiger partial charge is 0.295 e. The quantitative estimate of drug-likeness (QED) is 0.395. The molecule has 0 aliphatic carbocycles. The summed E-state index contributed by atoms with van der Waals surface area (Å²) >= 11 is 0. The number of likely N-dealkylation sites (N-methyl/N-ethyl adjacent to an activating group) is 1. The van der Waals surface area contributed by atoms with Crippen molar-refractivity contribution in [3.05, 3.63) is 64.7 Å². The molecule has 0 spiro atoms. The molecule has 1 aliphatic rings. The summed E-state index contributed by atoms with van der Waals surface area (Å²) in [5, 5.41) is 21.4. The number of hydrogen-bond donors (Lipinski definition) is 2. The SMILES string of the molecule is COc1ccc(/C(O)=C2/C(=O)C(=O)N(CCN(C)C)C2c2cccc(O)c2)cc1C(C)(C)C. The summed E-state index contributed by atoms with van der Waals surface area (Å²) in [5.41, 5.74) is 1.58. The van der Waals surface area contributed by atoms with Crippen LogP contribution in [0.25, 0.3) is 5.76 Å². The number of aliphatic hydroxyl groups excluding tert-OH is 1. The lowest BCUT2D eigenvalue weighted by Crippen LogP contribution is -2.35. The van der Waals surface area contributed by atoms with Gasteiger partial charge in [0.05, 0.1) is 18.7 Å². The Morgan fingerprint density at radius 3 is 2.39 bits per heavy atom. The minimum absolute atomic E-state index is 0.00869. The summed E-state index contributed by atoms with van der Waals surface area (Å²) in [7, 11) is 5.35. The summed E-state index contributed by atoms with van der Waals surface area (Å²) in [6.45, 7) is 6.93. The van der Waals surface area contributed by atoms with Crippen molar-refractivity contribution in [2.75, 3.05) is 34.3 Å². The van der Waals surface area contributed by atoms with Crippen LogP contribution in [0.2, 0.25) is 0 Å². The van der Waals surface area contributed by atoms with Gasteiger partial charge in [0.25, 0.3) is 11.7 Å². The molecule has 1 unspecified atom stereocenters. The monoisotopic (exact) mass is 452 g/mol. The normalized spacial score (nSPS) is 18.3. The molecule has 1 aliphatic heterocycles. The first kappa shape index (κ1) is 24.3. The van der Waals surface area contributed by atoms with Crippen molar-refractivity contribution in [1.82, 2.24) is 9.80 Å². The molecule has 1 atom stereocenters. The van der Waals surface area contributed by atoms with Gasteiger partial charge < -0.3 is 24.7 Å². The number of Topliss-reactive ketones (excluding diaryl/α,β-unsaturated/α-hetero) is 1. The number of nitrogens with zero attached hydrogens (tertiary/aromatic N) is 2. The van der Waals surface area contributed by atoms with Gasteiger partial charge >= 0.3 is 0 Å². The maximum Gasteiger partial charge on any atom is 0.295 e. The van der Waals surface area contributed by atoms with Crippen LogP contribution < -0.4 is 4.74 Å². The second-order valence-corrected chi connectivity index (χ2v) is 9.56. The van der Waals surface area contributed by atoms with Crippen molar-refractivity contribution in [2.24, 2.45) is 0 Å². The predicted octanol–water partition coefficient (Wildman–Crippen LogP) is 3.68. The van der Waals surface area contributed by atoms with Crippen molar-refractivity contribution < 1.29 is 24.5 Å². The fourth-order valence-electron chi connectivity index (χ4n) is 4.06. The minimum atomic E-state index is -0.808. The van der Waals surface area contributed by atoms with Crippen LogP contribution in [0.5, 0.6) is 11.5 Å². The zero-order valence-electron chi connectivity index (χ0n) is 20.0. The molecular weight excluding hydrogens is 420 g/mol. The van der Waals surface area contributed by atoms with E-state index >= 15 is 0 Å². The maximum absolute atomic E-state index is 13.1. The number of carbonyl (C=O) groups excluding carboxylic acids is 2. The Balaban J connectivity index is 2.21. The molecular formula is C26H32N2O5. The number of aromatic hydroxyl groups is 1. The third-order valence-electron chi connectivity index (χ3n) is 5.79. The highest BCUT2D eigenvalue weighted by Crippen LogP contribution is 2.41. The van der Waals surface area contributed by atoms with Crippen molar-refractivity contribution in [3.63, 3.8) is 0 Å². The molecule has 3 rings (SSSR count). The zero-order valence-corrected chi connectivity index (χ0v) is 20.0. The third-order valence-corrected chi connectivity index (χ3v) is 5.79. The fraction of sp³-hybridized carbons (Fsp3) is 0.385. The van der Waals surface area contributed by atoms with Crippen LogP contribution in [0.4, 0.5) is 0 Å². The van der Waals surface area contributed by atoms with E-state index in [2.05, 4.69) is 0 Å². The summed E-state index contributed by atoms with van der Waals surface area (Å²) in [6, 6.07) is 10.8. The summed E-state index contributed by atoms with van der Waals surface area (Å²) in [6.07, 6.45) is 0. The number of methoxy groups -OCH3 is 1. The molecule has 176 valence electrons. The second kappa shape index (κ2) is 9.27. The zero-order chi connectivity index (χ0) is 24.5. The molecule has 1 saturated heterocycles. The summed E-state index contributed by atoms with van der Waals surface area (Å²) in [5.74, 6) is -0.966. The minimum Gasteiger partial charge on any atom is -0.508 e. The predicted molar refractivity (Wildman–Crippen MR) is 127 cm³/mol. The van der Waals surface area contributed by atoms with Crippen LogP contribution in [-0.2, 0) is 15.0 Å². The highest BCUT2D eigenvalue weighted by atomic mass is 16.5. The van der Waals surface area contributed by atoms with Crippen LogP contribution in [-0.4, -0.2) is 66.0 Å². The number of phenolic OH excluding ortho intramolecular Hbond substituents is 1. The highest BCUT2D eigenvalue weighted by molar-refractivity contribution is 6.46. The van der Waals surface area contributed by atoms with Crippen molar-refractivity contribution in [1.29, 1.82) is 0 Å². The first-order valence-electron chi connectivity index (χ1n) is 10.9. The molecule has 2 N–H and O–H groups in total. The van der Waals surface area contributed by atoms with Crippen molar-refractivity contribution >= 4 is 17.4 Å². The number of likely N-dealkylation sites (tertiary alicyclic amines) is 1. The number of rotatable bonds is 6. The summed E-state index contributed by atoms with van der Waals surface area (Å²) in [4.78, 5) is 29.5. The van der Waals surface area contributed by atoms with Gasteiger partial charge in [0.1, 0.15) is 17.3 Å². The molecule has 0 bridgehead atoms. The first-order valence-corrected chi connectivity index (χ1v) is 10.9. The number of amides is 1. The molecule has 7 heteroatoms. The molecule has 0 saturated carbocycles. The van der Waals surface area contributed by atoms with Gasteiger partial charge in [0.15, 0.2) is 0 Å². The highest BCUT2D eigenvalue weighted by Gasteiger charge is 2.46. The first-order chi connectivity index (χ1) is 15.5. The molecule has 1 fully saturated rings. The Hall–Kier alpha value is -3.32. The van der Waals surface area contributed by atoms with Crippen molar-refractivity contribution in [2.45, 2.75) is 32.2 Å². The van der Waals surface area contributed by atoms with E-state index in [0.29, 0.717) is 30.0 Å². The standard InChI is InChI=1S/C26H32N2O5/c1-26(2,3)19-15-17(10-11-20(19)33-6)23(30)21-22(16-8-7-9-18(29)14-16)28(13-12-27(4)5)25(32)24(21)31/h7-11,14-15,22,29-30H,12-13H2,1-6H3/b23-21-. The van der Waals surface area contributed by atoms with Crippen LogP contribution in [0.1, 0.15) is 43.5 Å². The van der Waals surface area contributed by atoms with E-state index in [4.69, 9.17) is 4.74 Å². The van der Waals surface area contributed by atoms with Gasteiger partial charge in [-0.1, -0.05) is 32.9 Å². The van der Waals surface area contributed by atoms with Crippen LogP contribution in [0.3, 0.4) is 0 Å². The number of ether oxygens (including phenoxy) is 1. The van der Waals surface area contributed by atoms with E-state index in [0.717, 1.165) is 5.56 Å². The Morgan fingerprint density at radius 1 is 1.12 bits per heavy atom. The third kappa shape index (κ3) is 4.88. The molecule has 33 heavy (non-hydrogen) atoms. The van der Waals surface area contributed by atoms with E-state index in [1.54, 1.807) is 37.4 Å². The van der Waals surface area contributed by atoms with Crippen LogP contribution in [0.15, 0.2) is 48.0 Å². The number of ketones is 1. The molecule has 7 nitrogen and oxygen atoms in total. The van der Waals surface area contributed by atoms with Crippen molar-refractivity contribution in [3.8, 4) is 11.5 Å². The second-order valence-electron chi connectivity index (χ2n) is 9.56. The average Bonchev–Trinajstić information content (AvgIpc) is 3.00. The molecule has 1 heterocycles. The van der Waals surface area contributed by atoms with E-state index in [1.165, 1.54) is 17.0 Å². The van der Waals surface area contributed by atoms with Gasteiger partial charge in [-0.3, -0.25) is 9.59 Å². The van der Waals surface area contributed by atoms with Gasteiger partial charge in [-0.15, -0.1) is 0 Å². The lowest BCUT2D eigenvalue weighted by Gasteiger charge is -2.27. The van der Waals surface area contributed by atoms with Gasteiger partial charge in [0, 0.05) is 24.2 Å². The Labute approximate surface area is 194 Å². The number of hydrogen-bond acceptors (Lipinski definition) is 6. The van der Waals surface area contributed by atoms with Gasteiger partial charge in [0.2, 0.25) is 0 Å². The van der Waals surface area contributed by atoms with E-state index in [9.17, 15) is 19.8 Å². The lowest BCUT2D eigenvalue weighted by molar-refractivity contribution is -0.140. The molecule has 2 aromatic rings. The number of carbonyl (C=O) groups is 2. The number of phenols is 1. The van der Waals surface area contributed by atoms with E-state index in [-0.39, 0.29) is 22.5 Å². The topological polar surface area (TPSA) is 90.3 Å². The Morgan fingerprint density at radius 2 is 1.82 bits per heavy atom. The Kier molecular flexibility index (Phi) is 6.84. The van der Waals surface area contributed by atoms with E-state index < -0.39 is 17.7 Å². The average molecular weight is 453 g/mol. The molecule has 0 aromatic heterocycles. The fourth-order valence-corrected chi connectivity index (χ4v) is 4.06. The van der Waals surface area contributed by atoms with Crippen LogP contribution in [0, 0.1) is 0 Å². The van der Waals surface area contributed by atoms with Gasteiger partial charge in [-0.05, 0) is 55.4 Å². The van der Waals surface area contributed by atoms with Crippen LogP contribution >= 0.6 is 0 Å². The lowest BCUT2D eigenvalue weighted by atomic mass is 9.84. The number of benzene rings is 2.